The molecule has 0 aromatic heterocycles. The third-order valence-corrected chi connectivity index (χ3v) is 5.05. The van der Waals surface area contributed by atoms with E-state index >= 15 is 0 Å². The van der Waals surface area contributed by atoms with Crippen LogP contribution in [0.15, 0.2) is 29.2 Å². The van der Waals surface area contributed by atoms with Gasteiger partial charge in [0.05, 0.1) is 4.90 Å². The highest BCUT2D eigenvalue weighted by Gasteiger charge is 2.20. The second kappa shape index (κ2) is 6.03. The van der Waals surface area contributed by atoms with Gasteiger partial charge in [0.1, 0.15) is 0 Å². The van der Waals surface area contributed by atoms with Crippen molar-refractivity contribution in [2.75, 3.05) is 13.1 Å². The van der Waals surface area contributed by atoms with Gasteiger partial charge >= 0.3 is 0 Å². The minimum atomic E-state index is -3.37. The summed E-state index contributed by atoms with van der Waals surface area (Å²) in [6, 6.07) is 7.55. The third-order valence-electron chi connectivity index (χ3n) is 3.62. The molecule has 106 valence electrons. The summed E-state index contributed by atoms with van der Waals surface area (Å²) in [6.45, 7) is 5.45. The van der Waals surface area contributed by atoms with Crippen LogP contribution in [0.2, 0.25) is 0 Å². The molecule has 0 spiro atoms. The van der Waals surface area contributed by atoms with Crippen LogP contribution in [-0.4, -0.2) is 27.5 Å². The van der Waals surface area contributed by atoms with Gasteiger partial charge in [-0.25, -0.2) is 13.1 Å². The van der Waals surface area contributed by atoms with Crippen LogP contribution >= 0.6 is 0 Å². The Morgan fingerprint density at radius 3 is 2.79 bits per heavy atom. The number of nitrogens with one attached hydrogen (secondary N) is 2. The molecule has 1 aromatic rings. The van der Waals surface area contributed by atoms with Gasteiger partial charge in [0.15, 0.2) is 0 Å². The zero-order chi connectivity index (χ0) is 13.9. The zero-order valence-electron chi connectivity index (χ0n) is 11.5. The maximum Gasteiger partial charge on any atom is 0.240 e. The maximum absolute atomic E-state index is 12.2. The van der Waals surface area contributed by atoms with E-state index in [0.717, 1.165) is 24.9 Å². The molecule has 0 amide bonds. The lowest BCUT2D eigenvalue weighted by Gasteiger charge is -2.27. The molecule has 5 heteroatoms. The molecular weight excluding hydrogens is 260 g/mol. The molecule has 2 unspecified atom stereocenters. The molecule has 0 radical (unpaired) electrons. The first-order valence-electron chi connectivity index (χ1n) is 6.77. The van der Waals surface area contributed by atoms with Crippen LogP contribution < -0.4 is 10.0 Å². The van der Waals surface area contributed by atoms with Gasteiger partial charge < -0.3 is 5.32 Å². The quantitative estimate of drug-likeness (QED) is 0.883. The first kappa shape index (κ1) is 14.5. The molecule has 1 fully saturated rings. The van der Waals surface area contributed by atoms with Crippen molar-refractivity contribution in [1.29, 1.82) is 0 Å². The number of aryl methyl sites for hydroxylation is 1. The molecule has 1 aliphatic heterocycles. The van der Waals surface area contributed by atoms with Crippen LogP contribution in [-0.2, 0) is 10.0 Å². The summed E-state index contributed by atoms with van der Waals surface area (Å²) >= 11 is 0. The summed E-state index contributed by atoms with van der Waals surface area (Å²) in [6.07, 6.45) is 2.18. The standard InChI is InChI=1S/C14H22N2O2S/c1-11-4-3-5-14(8-11)19(17,18)16-10-13-7-6-12(2)15-9-13/h3-5,8,12-13,15-16H,6-7,9-10H2,1-2H3. The molecule has 19 heavy (non-hydrogen) atoms. The van der Waals surface area contributed by atoms with Gasteiger partial charge in [-0.3, -0.25) is 0 Å². The predicted octanol–water partition coefficient (Wildman–Crippen LogP) is 1.66. The van der Waals surface area contributed by atoms with Gasteiger partial charge in [-0.1, -0.05) is 12.1 Å². The monoisotopic (exact) mass is 282 g/mol. The summed E-state index contributed by atoms with van der Waals surface area (Å²) in [4.78, 5) is 0.352. The molecule has 2 N–H and O–H groups in total. The number of sulfonamides is 1. The Balaban J connectivity index is 1.95. The summed E-state index contributed by atoms with van der Waals surface area (Å²) in [5, 5.41) is 3.38. The number of hydrogen-bond acceptors (Lipinski definition) is 3. The molecule has 1 saturated heterocycles. The summed E-state index contributed by atoms with van der Waals surface area (Å²) < 4.78 is 27.0. The first-order chi connectivity index (χ1) is 8.97. The molecule has 0 saturated carbocycles. The lowest BCUT2D eigenvalue weighted by molar-refractivity contribution is 0.323. The Morgan fingerprint density at radius 2 is 2.16 bits per heavy atom. The van der Waals surface area contributed by atoms with Crippen LogP contribution in [0.5, 0.6) is 0 Å². The molecule has 0 bridgehead atoms. The molecule has 0 aliphatic carbocycles. The molecule has 2 rings (SSSR count). The van der Waals surface area contributed by atoms with Crippen LogP contribution in [0.3, 0.4) is 0 Å². The number of rotatable bonds is 4. The highest BCUT2D eigenvalue weighted by atomic mass is 32.2. The molecule has 1 aliphatic rings. The zero-order valence-corrected chi connectivity index (χ0v) is 12.3. The number of hydrogen-bond donors (Lipinski definition) is 2. The molecular formula is C14H22N2O2S. The molecule has 1 heterocycles. The Labute approximate surface area is 115 Å². The van der Waals surface area contributed by atoms with Crippen molar-refractivity contribution in [3.63, 3.8) is 0 Å². The minimum absolute atomic E-state index is 0.352. The van der Waals surface area contributed by atoms with Crippen molar-refractivity contribution < 1.29 is 8.42 Å². The SMILES string of the molecule is Cc1cccc(S(=O)(=O)NCC2CCC(C)NC2)c1. The summed E-state index contributed by atoms with van der Waals surface area (Å²) in [5.74, 6) is 0.385. The lowest BCUT2D eigenvalue weighted by atomic mass is 9.96. The van der Waals surface area contributed by atoms with Gasteiger partial charge in [0, 0.05) is 12.6 Å². The van der Waals surface area contributed by atoms with Crippen LogP contribution in [0.25, 0.3) is 0 Å². The fraction of sp³-hybridized carbons (Fsp3) is 0.571. The van der Waals surface area contributed by atoms with Gasteiger partial charge in [0.2, 0.25) is 10.0 Å². The van der Waals surface area contributed by atoms with E-state index in [2.05, 4.69) is 17.0 Å². The normalized spacial score (nSPS) is 24.3. The van der Waals surface area contributed by atoms with Crippen molar-refractivity contribution in [3.8, 4) is 0 Å². The number of benzene rings is 1. The third kappa shape index (κ3) is 4.03. The van der Waals surface area contributed by atoms with E-state index in [9.17, 15) is 8.42 Å². The van der Waals surface area contributed by atoms with Crippen molar-refractivity contribution in [3.05, 3.63) is 29.8 Å². The smallest absolute Gasteiger partial charge is 0.240 e. The van der Waals surface area contributed by atoms with Crippen LogP contribution in [0.4, 0.5) is 0 Å². The second-order valence-electron chi connectivity index (χ2n) is 5.42. The molecule has 4 nitrogen and oxygen atoms in total. The van der Waals surface area contributed by atoms with Gasteiger partial charge in [-0.2, -0.15) is 0 Å². The van der Waals surface area contributed by atoms with E-state index in [1.165, 1.54) is 0 Å². The van der Waals surface area contributed by atoms with E-state index in [0.29, 0.717) is 23.4 Å². The molecule has 1 aromatic carbocycles. The highest BCUT2D eigenvalue weighted by molar-refractivity contribution is 7.89. The Morgan fingerprint density at radius 1 is 1.37 bits per heavy atom. The highest BCUT2D eigenvalue weighted by Crippen LogP contribution is 2.15. The topological polar surface area (TPSA) is 58.2 Å². The fourth-order valence-corrected chi connectivity index (χ4v) is 3.55. The Kier molecular flexibility index (Phi) is 4.60. The minimum Gasteiger partial charge on any atom is -0.314 e. The average Bonchev–Trinajstić information content (AvgIpc) is 2.38. The predicted molar refractivity (Wildman–Crippen MR) is 76.6 cm³/mol. The van der Waals surface area contributed by atoms with Crippen LogP contribution in [0, 0.1) is 12.8 Å². The second-order valence-corrected chi connectivity index (χ2v) is 7.19. The van der Waals surface area contributed by atoms with Gasteiger partial charge in [0.25, 0.3) is 0 Å². The average molecular weight is 282 g/mol. The van der Waals surface area contributed by atoms with Crippen molar-refractivity contribution >= 4 is 10.0 Å². The van der Waals surface area contributed by atoms with E-state index in [4.69, 9.17) is 0 Å². The van der Waals surface area contributed by atoms with Crippen molar-refractivity contribution in [2.24, 2.45) is 5.92 Å². The van der Waals surface area contributed by atoms with Crippen molar-refractivity contribution in [1.82, 2.24) is 10.0 Å². The summed E-state index contributed by atoms with van der Waals surface area (Å²) in [7, 11) is -3.37. The summed E-state index contributed by atoms with van der Waals surface area (Å²) in [5.41, 5.74) is 0.955. The Hall–Kier alpha value is -0.910. The maximum atomic E-state index is 12.2. The fourth-order valence-electron chi connectivity index (χ4n) is 2.33. The number of piperidine rings is 1. The lowest BCUT2D eigenvalue weighted by Crippen LogP contribution is -2.41. The van der Waals surface area contributed by atoms with Crippen molar-refractivity contribution in [2.45, 2.75) is 37.6 Å². The van der Waals surface area contributed by atoms with Gasteiger partial charge in [-0.15, -0.1) is 0 Å². The van der Waals surface area contributed by atoms with E-state index in [-0.39, 0.29) is 0 Å². The van der Waals surface area contributed by atoms with E-state index in [1.54, 1.807) is 18.2 Å². The van der Waals surface area contributed by atoms with Gasteiger partial charge in [-0.05, 0) is 56.8 Å². The van der Waals surface area contributed by atoms with Crippen LogP contribution in [0.1, 0.15) is 25.3 Å². The Bertz CT molecular complexity index is 520. The van der Waals surface area contributed by atoms with E-state index < -0.39 is 10.0 Å². The van der Waals surface area contributed by atoms with E-state index in [1.807, 2.05) is 13.0 Å². The first-order valence-corrected chi connectivity index (χ1v) is 8.25. The molecule has 2 atom stereocenters. The largest absolute Gasteiger partial charge is 0.314 e.